The van der Waals surface area contributed by atoms with Crippen molar-refractivity contribution in [3.8, 4) is 0 Å². The molecule has 3 rings (SSSR count). The fraction of sp³-hybridized carbons (Fsp3) is 0.364. The highest BCUT2D eigenvalue weighted by atomic mass is 35.5. The minimum Gasteiger partial charge on any atom is -0.368 e. The summed E-state index contributed by atoms with van der Waals surface area (Å²) in [4.78, 5) is 28.9. The number of hydrogen-bond donors (Lipinski definition) is 1. The van der Waals surface area contributed by atoms with Crippen LogP contribution in [0.4, 0.5) is 5.69 Å². The van der Waals surface area contributed by atoms with Crippen molar-refractivity contribution in [3.63, 3.8) is 0 Å². The van der Waals surface area contributed by atoms with Crippen molar-refractivity contribution in [2.75, 3.05) is 37.6 Å². The fourth-order valence-electron chi connectivity index (χ4n) is 3.48. The third kappa shape index (κ3) is 4.84. The highest BCUT2D eigenvalue weighted by molar-refractivity contribution is 6.30. The zero-order valence-electron chi connectivity index (χ0n) is 16.4. The lowest BCUT2D eigenvalue weighted by atomic mass is 10.1. The molecule has 28 heavy (non-hydrogen) atoms. The standard InChI is InChI=1S/C22H26ClN3O2/c1-16-5-3-4-6-19(16)22(28)24-10-9-21(27)26-13-11-25(12-14-26)20-15-18(23)8-7-17(20)2/h3-8,15H,9-14H2,1-2H3,(H,24,28). The minimum atomic E-state index is -0.132. The third-order valence-corrected chi connectivity index (χ3v) is 5.39. The Morgan fingerprint density at radius 2 is 1.71 bits per heavy atom. The van der Waals surface area contributed by atoms with Crippen molar-refractivity contribution in [2.45, 2.75) is 20.3 Å². The zero-order chi connectivity index (χ0) is 20.1. The Kier molecular flexibility index (Phi) is 6.57. The van der Waals surface area contributed by atoms with Gasteiger partial charge >= 0.3 is 0 Å². The number of amides is 2. The van der Waals surface area contributed by atoms with E-state index in [9.17, 15) is 9.59 Å². The summed E-state index contributed by atoms with van der Waals surface area (Å²) < 4.78 is 0. The Bertz CT molecular complexity index is 861. The normalized spacial score (nSPS) is 14.1. The van der Waals surface area contributed by atoms with Crippen LogP contribution in [0.2, 0.25) is 5.02 Å². The van der Waals surface area contributed by atoms with Gasteiger partial charge in [0.25, 0.3) is 5.91 Å². The van der Waals surface area contributed by atoms with Crippen molar-refractivity contribution in [1.82, 2.24) is 10.2 Å². The first kappa shape index (κ1) is 20.2. The molecule has 1 aliphatic rings. The minimum absolute atomic E-state index is 0.0764. The Hall–Kier alpha value is -2.53. The predicted octanol–water partition coefficient (Wildman–Crippen LogP) is 3.43. The molecule has 2 aromatic rings. The van der Waals surface area contributed by atoms with E-state index in [-0.39, 0.29) is 11.8 Å². The molecule has 0 radical (unpaired) electrons. The smallest absolute Gasteiger partial charge is 0.251 e. The number of anilines is 1. The highest BCUT2D eigenvalue weighted by Crippen LogP contribution is 2.25. The second-order valence-electron chi connectivity index (χ2n) is 7.12. The van der Waals surface area contributed by atoms with Gasteiger partial charge in [0.15, 0.2) is 0 Å². The molecule has 0 spiro atoms. The van der Waals surface area contributed by atoms with Crippen molar-refractivity contribution in [2.24, 2.45) is 0 Å². The van der Waals surface area contributed by atoms with Crippen LogP contribution in [0.15, 0.2) is 42.5 Å². The number of rotatable bonds is 5. The van der Waals surface area contributed by atoms with E-state index in [1.54, 1.807) is 6.07 Å². The summed E-state index contributed by atoms with van der Waals surface area (Å²) in [6, 6.07) is 13.3. The number of piperazine rings is 1. The molecular formula is C22H26ClN3O2. The predicted molar refractivity (Wildman–Crippen MR) is 113 cm³/mol. The molecule has 0 atom stereocenters. The summed E-state index contributed by atoms with van der Waals surface area (Å²) >= 11 is 6.13. The van der Waals surface area contributed by atoms with E-state index in [2.05, 4.69) is 17.1 Å². The maximum absolute atomic E-state index is 12.5. The molecule has 1 aliphatic heterocycles. The summed E-state index contributed by atoms with van der Waals surface area (Å²) in [7, 11) is 0. The van der Waals surface area contributed by atoms with Crippen LogP contribution in [0.25, 0.3) is 0 Å². The number of carbonyl (C=O) groups is 2. The average molecular weight is 400 g/mol. The van der Waals surface area contributed by atoms with E-state index in [1.807, 2.05) is 48.2 Å². The lowest BCUT2D eigenvalue weighted by Gasteiger charge is -2.37. The Balaban J connectivity index is 1.46. The van der Waals surface area contributed by atoms with Gasteiger partial charge in [0.1, 0.15) is 0 Å². The number of nitrogens with zero attached hydrogens (tertiary/aromatic N) is 2. The molecule has 5 nitrogen and oxygen atoms in total. The first-order valence-corrected chi connectivity index (χ1v) is 9.96. The maximum atomic E-state index is 12.5. The van der Waals surface area contributed by atoms with Crippen molar-refractivity contribution in [1.29, 1.82) is 0 Å². The van der Waals surface area contributed by atoms with Crippen LogP contribution in [0.1, 0.15) is 27.9 Å². The summed E-state index contributed by atoms with van der Waals surface area (Å²) in [5.41, 5.74) is 3.90. The number of nitrogens with one attached hydrogen (secondary N) is 1. The van der Waals surface area contributed by atoms with Crippen LogP contribution in [-0.4, -0.2) is 49.4 Å². The Labute approximate surface area is 171 Å². The van der Waals surface area contributed by atoms with Crippen LogP contribution < -0.4 is 10.2 Å². The van der Waals surface area contributed by atoms with E-state index in [4.69, 9.17) is 11.6 Å². The monoisotopic (exact) mass is 399 g/mol. The lowest BCUT2D eigenvalue weighted by molar-refractivity contribution is -0.131. The van der Waals surface area contributed by atoms with Crippen molar-refractivity contribution < 1.29 is 9.59 Å². The molecule has 148 valence electrons. The van der Waals surface area contributed by atoms with Crippen LogP contribution in [-0.2, 0) is 4.79 Å². The molecule has 0 bridgehead atoms. The lowest BCUT2D eigenvalue weighted by Crippen LogP contribution is -2.49. The molecule has 2 amide bonds. The van der Waals surface area contributed by atoms with Crippen LogP contribution >= 0.6 is 11.6 Å². The van der Waals surface area contributed by atoms with E-state index < -0.39 is 0 Å². The first-order valence-electron chi connectivity index (χ1n) is 9.58. The Morgan fingerprint density at radius 1 is 1.00 bits per heavy atom. The van der Waals surface area contributed by atoms with Gasteiger partial charge < -0.3 is 15.1 Å². The summed E-state index contributed by atoms with van der Waals surface area (Å²) in [6.07, 6.45) is 0.313. The van der Waals surface area contributed by atoms with Gasteiger partial charge in [0, 0.05) is 55.4 Å². The molecule has 1 fully saturated rings. The number of aryl methyl sites for hydroxylation is 2. The molecular weight excluding hydrogens is 374 g/mol. The molecule has 1 N–H and O–H groups in total. The topological polar surface area (TPSA) is 52.7 Å². The quantitative estimate of drug-likeness (QED) is 0.838. The SMILES string of the molecule is Cc1ccccc1C(=O)NCCC(=O)N1CCN(c2cc(Cl)ccc2C)CC1. The highest BCUT2D eigenvalue weighted by Gasteiger charge is 2.22. The molecule has 1 heterocycles. The van der Waals surface area contributed by atoms with Gasteiger partial charge in [-0.25, -0.2) is 0 Å². The van der Waals surface area contributed by atoms with Crippen molar-refractivity contribution in [3.05, 3.63) is 64.2 Å². The zero-order valence-corrected chi connectivity index (χ0v) is 17.1. The van der Waals surface area contributed by atoms with Crippen molar-refractivity contribution >= 4 is 29.1 Å². The van der Waals surface area contributed by atoms with Crippen LogP contribution in [0.5, 0.6) is 0 Å². The van der Waals surface area contributed by atoms with Crippen LogP contribution in [0, 0.1) is 13.8 Å². The van der Waals surface area contributed by atoms with Gasteiger partial charge in [-0.2, -0.15) is 0 Å². The second kappa shape index (κ2) is 9.11. The molecule has 0 aliphatic carbocycles. The third-order valence-electron chi connectivity index (χ3n) is 5.16. The van der Waals surface area contributed by atoms with Gasteiger partial charge in [-0.3, -0.25) is 9.59 Å². The molecule has 2 aromatic carbocycles. The van der Waals surface area contributed by atoms with Gasteiger partial charge in [-0.15, -0.1) is 0 Å². The van der Waals surface area contributed by atoms with Gasteiger partial charge in [0.05, 0.1) is 0 Å². The second-order valence-corrected chi connectivity index (χ2v) is 7.56. The number of halogens is 1. The largest absolute Gasteiger partial charge is 0.368 e. The maximum Gasteiger partial charge on any atom is 0.251 e. The fourth-order valence-corrected chi connectivity index (χ4v) is 3.65. The number of carbonyl (C=O) groups excluding carboxylic acids is 2. The summed E-state index contributed by atoms with van der Waals surface area (Å²) in [6.45, 7) is 7.24. The van der Waals surface area contributed by atoms with Gasteiger partial charge in [-0.1, -0.05) is 35.9 Å². The van der Waals surface area contributed by atoms with E-state index in [0.29, 0.717) is 31.6 Å². The molecule has 6 heteroatoms. The average Bonchev–Trinajstić information content (AvgIpc) is 2.70. The van der Waals surface area contributed by atoms with Gasteiger partial charge in [-0.05, 0) is 43.2 Å². The van der Waals surface area contributed by atoms with E-state index >= 15 is 0 Å². The number of benzene rings is 2. The summed E-state index contributed by atoms with van der Waals surface area (Å²) in [5.74, 6) is -0.0558. The Morgan fingerprint density at radius 3 is 2.43 bits per heavy atom. The first-order chi connectivity index (χ1) is 13.5. The van der Waals surface area contributed by atoms with E-state index in [1.165, 1.54) is 5.56 Å². The molecule has 0 unspecified atom stereocenters. The summed E-state index contributed by atoms with van der Waals surface area (Å²) in [5, 5.41) is 3.57. The van der Waals surface area contributed by atoms with Crippen LogP contribution in [0.3, 0.4) is 0 Å². The number of hydrogen-bond acceptors (Lipinski definition) is 3. The molecule has 0 aromatic heterocycles. The van der Waals surface area contributed by atoms with E-state index in [0.717, 1.165) is 29.4 Å². The molecule has 1 saturated heterocycles. The van der Waals surface area contributed by atoms with Gasteiger partial charge in [0.2, 0.25) is 5.91 Å². The molecule has 0 saturated carbocycles.